The molecule has 2 aromatic heterocycles. The summed E-state index contributed by atoms with van der Waals surface area (Å²) in [5.41, 5.74) is 19.7. The minimum Gasteiger partial charge on any atom is -0.490 e. The van der Waals surface area contributed by atoms with Crippen LogP contribution < -0.4 is 21.9 Å². The zero-order chi connectivity index (χ0) is 46.2. The monoisotopic (exact) mass is 903 g/mol. The molecule has 4 rings (SSSR count). The van der Waals surface area contributed by atoms with Crippen LogP contribution in [0.15, 0.2) is 64.2 Å². The molecule has 2 aromatic carbocycles. The summed E-state index contributed by atoms with van der Waals surface area (Å²) in [6, 6.07) is 16.0. The molecule has 3 atom stereocenters. The van der Waals surface area contributed by atoms with Crippen molar-refractivity contribution in [1.82, 2.24) is 9.97 Å². The van der Waals surface area contributed by atoms with Gasteiger partial charge in [0.1, 0.15) is 65.9 Å². The maximum absolute atomic E-state index is 12.1. The standard InChI is InChI=1S/C32H30ClN7O6S.2C2HF3O2/c1-17(36)31(41)45-15-24(46-32(42)18(2)37)14-43-23-9-5-19(6-10-23)27-25(11-34)28(38)40-30(26(27)12-35)47-16-22-13-44-29(39-22)20-3-7-21(33)8-4-20;2*3-2(4,5)1(6)7/h3-10,13,17-18,24H,14-16,36-37H2,1-2H3,(H2,38,40);2*(H,6,7)/t17-,18?,24-;;/m0../s1. The molecule has 0 fully saturated rings. The SMILES string of the molecule is CC(N)C(=O)O[C@H](COC(=O)[C@H](C)N)COc1ccc(-c2c(C#N)c(N)nc(SCc3coc(-c4ccc(Cl)cc4)n3)c2C#N)cc1.O=C(O)C(F)(F)F.O=C(O)C(F)(F)F. The maximum Gasteiger partial charge on any atom is 0.490 e. The molecule has 0 aliphatic heterocycles. The lowest BCUT2D eigenvalue weighted by atomic mass is 9.97. The van der Waals surface area contributed by atoms with Crippen molar-refractivity contribution in [2.45, 2.75) is 55.2 Å². The van der Waals surface area contributed by atoms with Crippen LogP contribution in [0, 0.1) is 22.7 Å². The van der Waals surface area contributed by atoms with Gasteiger partial charge in [-0.15, -0.1) is 0 Å². The number of ether oxygens (including phenoxy) is 3. The van der Waals surface area contributed by atoms with E-state index in [0.717, 1.165) is 5.56 Å². The van der Waals surface area contributed by atoms with Crippen LogP contribution in [0.1, 0.15) is 30.7 Å². The van der Waals surface area contributed by atoms with Crippen molar-refractivity contribution < 1.29 is 74.4 Å². The molecule has 4 aromatic rings. The Labute approximate surface area is 349 Å². The molecule has 0 amide bonds. The second kappa shape index (κ2) is 22.7. The number of nitrogens with zero attached hydrogens (tertiary/aromatic N) is 4. The van der Waals surface area contributed by atoms with Crippen LogP contribution in [0.5, 0.6) is 5.75 Å². The van der Waals surface area contributed by atoms with Gasteiger partial charge in [0.25, 0.3) is 0 Å². The van der Waals surface area contributed by atoms with Gasteiger partial charge < -0.3 is 46.0 Å². The van der Waals surface area contributed by atoms with Gasteiger partial charge in [-0.2, -0.15) is 36.9 Å². The molecule has 0 saturated carbocycles. The molecular formula is C36H32ClF6N7O10S. The average Bonchev–Trinajstić information content (AvgIpc) is 3.66. The number of esters is 2. The Morgan fingerprint density at radius 3 is 1.82 bits per heavy atom. The molecule has 1 unspecified atom stereocenters. The van der Waals surface area contributed by atoms with Crippen molar-refractivity contribution in [2.75, 3.05) is 18.9 Å². The van der Waals surface area contributed by atoms with Crippen molar-refractivity contribution in [3.63, 3.8) is 0 Å². The van der Waals surface area contributed by atoms with Gasteiger partial charge in [-0.1, -0.05) is 35.5 Å². The number of carboxylic acid groups (broad SMARTS) is 2. The van der Waals surface area contributed by atoms with Crippen molar-refractivity contribution >= 4 is 53.1 Å². The van der Waals surface area contributed by atoms with Gasteiger partial charge in [0.05, 0.1) is 11.3 Å². The number of alkyl halides is 6. The number of thioether (sulfide) groups is 1. The highest BCUT2D eigenvalue weighted by molar-refractivity contribution is 7.98. The number of nitriles is 2. The molecule has 0 aliphatic carbocycles. The number of anilines is 1. The van der Waals surface area contributed by atoms with E-state index in [2.05, 4.69) is 22.1 Å². The zero-order valence-electron chi connectivity index (χ0n) is 31.3. The van der Waals surface area contributed by atoms with Gasteiger partial charge in [-0.25, -0.2) is 19.6 Å². The highest BCUT2D eigenvalue weighted by Crippen LogP contribution is 2.37. The van der Waals surface area contributed by atoms with E-state index in [4.69, 9.17) is 67.2 Å². The molecule has 2 heterocycles. The maximum atomic E-state index is 12.1. The summed E-state index contributed by atoms with van der Waals surface area (Å²) < 4.78 is 85.3. The number of carboxylic acids is 2. The minimum atomic E-state index is -5.08. The molecule has 8 N–H and O–H groups in total. The van der Waals surface area contributed by atoms with Gasteiger partial charge in [-0.3, -0.25) is 9.59 Å². The Balaban J connectivity index is 0.000000784. The van der Waals surface area contributed by atoms with Gasteiger partial charge in [0, 0.05) is 21.9 Å². The molecule has 0 radical (unpaired) electrons. The highest BCUT2D eigenvalue weighted by Gasteiger charge is 2.39. The summed E-state index contributed by atoms with van der Waals surface area (Å²) in [7, 11) is 0. The first-order chi connectivity index (χ1) is 28.4. The summed E-state index contributed by atoms with van der Waals surface area (Å²) in [5.74, 6) is -5.83. The molecule has 25 heteroatoms. The lowest BCUT2D eigenvalue weighted by Crippen LogP contribution is -2.38. The minimum absolute atomic E-state index is 0.0357. The normalized spacial score (nSPS) is 12.3. The summed E-state index contributed by atoms with van der Waals surface area (Å²) >= 11 is 7.19. The fourth-order valence-electron chi connectivity index (χ4n) is 4.03. The summed E-state index contributed by atoms with van der Waals surface area (Å²) in [5, 5.41) is 35.2. The number of aliphatic carboxylic acids is 2. The average molecular weight is 904 g/mol. The van der Waals surface area contributed by atoms with Gasteiger partial charge in [-0.05, 0) is 55.8 Å². The van der Waals surface area contributed by atoms with Gasteiger partial charge >= 0.3 is 36.2 Å². The number of aromatic nitrogens is 2. The van der Waals surface area contributed by atoms with Crippen molar-refractivity contribution in [2.24, 2.45) is 11.5 Å². The number of pyridine rings is 1. The summed E-state index contributed by atoms with van der Waals surface area (Å²) in [6.45, 7) is 2.47. The lowest BCUT2D eigenvalue weighted by Gasteiger charge is -2.20. The number of carbonyl (C=O) groups excluding carboxylic acids is 2. The zero-order valence-corrected chi connectivity index (χ0v) is 32.9. The smallest absolute Gasteiger partial charge is 0.490 e. The molecule has 0 saturated heterocycles. The largest absolute Gasteiger partial charge is 0.490 e. The Hall–Kier alpha value is -6.60. The second-order valence-electron chi connectivity index (χ2n) is 11.8. The number of nitrogens with two attached hydrogens (primary N) is 3. The first kappa shape index (κ1) is 50.5. The third-order valence-electron chi connectivity index (χ3n) is 6.92. The van der Waals surface area contributed by atoms with Crippen molar-refractivity contribution in [1.29, 1.82) is 10.5 Å². The molecule has 0 aliphatic rings. The van der Waals surface area contributed by atoms with Crippen LogP contribution in [-0.2, 0) is 34.4 Å². The van der Waals surface area contributed by atoms with E-state index in [1.165, 1.54) is 31.9 Å². The second-order valence-corrected chi connectivity index (χ2v) is 13.2. The van der Waals surface area contributed by atoms with Crippen molar-refractivity contribution in [3.8, 4) is 40.5 Å². The molecule has 326 valence electrons. The number of halogens is 7. The first-order valence-corrected chi connectivity index (χ1v) is 17.9. The number of rotatable bonds is 13. The Kier molecular flexibility index (Phi) is 18.8. The Morgan fingerprint density at radius 2 is 1.34 bits per heavy atom. The predicted molar refractivity (Wildman–Crippen MR) is 201 cm³/mol. The molecule has 17 nitrogen and oxygen atoms in total. The number of carbonyl (C=O) groups is 4. The van der Waals surface area contributed by atoms with E-state index in [0.29, 0.717) is 44.3 Å². The summed E-state index contributed by atoms with van der Waals surface area (Å²) in [4.78, 5) is 50.5. The first-order valence-electron chi connectivity index (χ1n) is 16.6. The van der Waals surface area contributed by atoms with Crippen LogP contribution in [0.2, 0.25) is 5.02 Å². The van der Waals surface area contributed by atoms with E-state index in [1.807, 2.05) is 0 Å². The van der Waals surface area contributed by atoms with Crippen molar-refractivity contribution in [3.05, 3.63) is 76.6 Å². The molecular weight excluding hydrogens is 872 g/mol. The van der Waals surface area contributed by atoms with Crippen LogP contribution in [-0.4, -0.2) is 87.8 Å². The Morgan fingerprint density at radius 1 is 0.836 bits per heavy atom. The summed E-state index contributed by atoms with van der Waals surface area (Å²) in [6.07, 6.45) is -9.61. The third-order valence-corrected chi connectivity index (χ3v) is 8.18. The number of nitrogen functional groups attached to an aromatic ring is 1. The number of hydrogen-bond donors (Lipinski definition) is 5. The fourth-order valence-corrected chi connectivity index (χ4v) is 5.03. The lowest BCUT2D eigenvalue weighted by molar-refractivity contribution is -0.193. The van der Waals surface area contributed by atoms with Crippen LogP contribution >= 0.6 is 23.4 Å². The number of oxazole rings is 1. The van der Waals surface area contributed by atoms with Gasteiger partial charge in [0.2, 0.25) is 5.89 Å². The topological polar surface area (TPSA) is 301 Å². The third kappa shape index (κ3) is 16.2. The van der Waals surface area contributed by atoms with Crippen LogP contribution in [0.4, 0.5) is 32.2 Å². The quantitative estimate of drug-likeness (QED) is 0.0631. The van der Waals surface area contributed by atoms with E-state index in [-0.39, 0.29) is 30.2 Å². The number of hydrogen-bond acceptors (Lipinski definition) is 16. The van der Waals surface area contributed by atoms with E-state index in [1.54, 1.807) is 48.5 Å². The number of benzene rings is 2. The molecule has 0 bridgehead atoms. The molecule has 61 heavy (non-hydrogen) atoms. The fraction of sp³-hybridized carbons (Fsp3) is 0.278. The molecule has 0 spiro atoms. The van der Waals surface area contributed by atoms with Gasteiger partial charge in [0.15, 0.2) is 6.10 Å². The highest BCUT2D eigenvalue weighted by atomic mass is 35.5. The Bertz CT molecular complexity index is 2220. The van der Waals surface area contributed by atoms with E-state index in [9.17, 15) is 46.5 Å². The van der Waals surface area contributed by atoms with E-state index >= 15 is 0 Å². The van der Waals surface area contributed by atoms with Crippen LogP contribution in [0.3, 0.4) is 0 Å². The van der Waals surface area contributed by atoms with E-state index < -0.39 is 54.4 Å². The van der Waals surface area contributed by atoms with Crippen LogP contribution in [0.25, 0.3) is 22.6 Å². The predicted octanol–water partition coefficient (Wildman–Crippen LogP) is 5.47.